The summed E-state index contributed by atoms with van der Waals surface area (Å²) in [5.74, 6) is 1.89. The Balaban J connectivity index is 1.90. The van der Waals surface area contributed by atoms with E-state index in [0.29, 0.717) is 42.7 Å². The van der Waals surface area contributed by atoms with E-state index in [-0.39, 0.29) is 5.91 Å². The van der Waals surface area contributed by atoms with Gasteiger partial charge in [0, 0.05) is 24.4 Å². The van der Waals surface area contributed by atoms with E-state index in [9.17, 15) is 4.79 Å². The molecule has 0 aliphatic heterocycles. The monoisotopic (exact) mass is 357 g/mol. The highest BCUT2D eigenvalue weighted by Gasteiger charge is 2.07. The number of carbonyl (C=O) groups is 1. The fourth-order valence-electron chi connectivity index (χ4n) is 2.22. The average molecular weight is 357 g/mol. The average Bonchev–Trinajstić information content (AvgIpc) is 2.62. The van der Waals surface area contributed by atoms with Gasteiger partial charge in [-0.05, 0) is 48.7 Å². The van der Waals surface area contributed by atoms with Crippen molar-refractivity contribution in [1.29, 1.82) is 0 Å². The molecular weight excluding hydrogens is 330 g/mol. The van der Waals surface area contributed by atoms with Gasteiger partial charge in [0.2, 0.25) is 0 Å². The molecule has 2 aromatic rings. The maximum Gasteiger partial charge on any atom is 0.255 e. The SMILES string of the molecule is COCCOc1cccc(NC(=O)c2ccc(OCCC(C)C)cc2)c1. The molecule has 5 nitrogen and oxygen atoms in total. The first-order chi connectivity index (χ1) is 12.6. The summed E-state index contributed by atoms with van der Waals surface area (Å²) in [6, 6.07) is 14.5. The van der Waals surface area contributed by atoms with Crippen LogP contribution in [0, 0.1) is 5.92 Å². The Morgan fingerprint density at radius 1 is 0.962 bits per heavy atom. The molecule has 0 spiro atoms. The summed E-state index contributed by atoms with van der Waals surface area (Å²) in [6.07, 6.45) is 1.00. The maximum absolute atomic E-state index is 12.4. The van der Waals surface area contributed by atoms with Crippen LogP contribution in [-0.2, 0) is 4.74 Å². The first-order valence-corrected chi connectivity index (χ1v) is 8.84. The van der Waals surface area contributed by atoms with Crippen molar-refractivity contribution in [2.45, 2.75) is 20.3 Å². The highest BCUT2D eigenvalue weighted by atomic mass is 16.5. The molecule has 0 aliphatic carbocycles. The van der Waals surface area contributed by atoms with Gasteiger partial charge >= 0.3 is 0 Å². The zero-order valence-electron chi connectivity index (χ0n) is 15.7. The van der Waals surface area contributed by atoms with Gasteiger partial charge < -0.3 is 19.5 Å². The van der Waals surface area contributed by atoms with E-state index in [4.69, 9.17) is 14.2 Å². The molecule has 26 heavy (non-hydrogen) atoms. The second kappa shape index (κ2) is 10.5. The molecular formula is C21H27NO4. The van der Waals surface area contributed by atoms with Crippen LogP contribution in [0.1, 0.15) is 30.6 Å². The van der Waals surface area contributed by atoms with Crippen LogP contribution in [0.15, 0.2) is 48.5 Å². The number of anilines is 1. The first-order valence-electron chi connectivity index (χ1n) is 8.84. The van der Waals surface area contributed by atoms with Gasteiger partial charge in [-0.15, -0.1) is 0 Å². The topological polar surface area (TPSA) is 56.8 Å². The van der Waals surface area contributed by atoms with E-state index in [2.05, 4.69) is 19.2 Å². The van der Waals surface area contributed by atoms with Crippen LogP contribution >= 0.6 is 0 Å². The molecule has 0 fully saturated rings. The molecule has 5 heteroatoms. The number of carbonyl (C=O) groups excluding carboxylic acids is 1. The first kappa shape index (κ1) is 19.8. The van der Waals surface area contributed by atoms with Gasteiger partial charge in [0.25, 0.3) is 5.91 Å². The highest BCUT2D eigenvalue weighted by molar-refractivity contribution is 6.04. The van der Waals surface area contributed by atoms with Crippen molar-refractivity contribution in [2.24, 2.45) is 5.92 Å². The number of amides is 1. The van der Waals surface area contributed by atoms with Gasteiger partial charge in [-0.3, -0.25) is 4.79 Å². The minimum Gasteiger partial charge on any atom is -0.494 e. The summed E-state index contributed by atoms with van der Waals surface area (Å²) in [4.78, 5) is 12.4. The van der Waals surface area contributed by atoms with Crippen LogP contribution in [0.3, 0.4) is 0 Å². The third kappa shape index (κ3) is 6.76. The number of benzene rings is 2. The fraction of sp³-hybridized carbons (Fsp3) is 0.381. The summed E-state index contributed by atoms with van der Waals surface area (Å²) in [7, 11) is 1.63. The molecule has 0 saturated carbocycles. The molecule has 0 saturated heterocycles. The van der Waals surface area contributed by atoms with Crippen molar-refractivity contribution in [1.82, 2.24) is 0 Å². The van der Waals surface area contributed by atoms with Crippen LogP contribution in [-0.4, -0.2) is 32.8 Å². The molecule has 0 atom stereocenters. The summed E-state index contributed by atoms with van der Waals surface area (Å²) in [5.41, 5.74) is 1.26. The Morgan fingerprint density at radius 2 is 1.69 bits per heavy atom. The van der Waals surface area contributed by atoms with E-state index in [0.717, 1.165) is 12.2 Å². The van der Waals surface area contributed by atoms with E-state index in [1.54, 1.807) is 25.3 Å². The van der Waals surface area contributed by atoms with E-state index in [1.807, 2.05) is 30.3 Å². The van der Waals surface area contributed by atoms with Crippen molar-refractivity contribution >= 4 is 11.6 Å². The lowest BCUT2D eigenvalue weighted by Crippen LogP contribution is -2.12. The zero-order chi connectivity index (χ0) is 18.8. The molecule has 0 unspecified atom stereocenters. The molecule has 1 N–H and O–H groups in total. The molecule has 2 aromatic carbocycles. The lowest BCUT2D eigenvalue weighted by molar-refractivity contribution is 0.102. The Bertz CT molecular complexity index is 683. The minimum atomic E-state index is -0.173. The van der Waals surface area contributed by atoms with Crippen LogP contribution in [0.25, 0.3) is 0 Å². The second-order valence-corrected chi connectivity index (χ2v) is 6.38. The van der Waals surface area contributed by atoms with Crippen LogP contribution < -0.4 is 14.8 Å². The predicted octanol–water partition coefficient (Wildman–Crippen LogP) is 4.39. The Labute approximate surface area is 155 Å². The van der Waals surface area contributed by atoms with Gasteiger partial charge in [0.05, 0.1) is 13.2 Å². The number of hydrogen-bond donors (Lipinski definition) is 1. The minimum absolute atomic E-state index is 0.173. The zero-order valence-corrected chi connectivity index (χ0v) is 15.7. The number of methoxy groups -OCH3 is 1. The molecule has 1 amide bonds. The molecule has 0 radical (unpaired) electrons. The van der Waals surface area contributed by atoms with Gasteiger partial charge in [-0.25, -0.2) is 0 Å². The van der Waals surface area contributed by atoms with E-state index < -0.39 is 0 Å². The summed E-state index contributed by atoms with van der Waals surface area (Å²) >= 11 is 0. The van der Waals surface area contributed by atoms with Gasteiger partial charge in [0.15, 0.2) is 0 Å². The fourth-order valence-corrected chi connectivity index (χ4v) is 2.22. The number of rotatable bonds is 10. The number of hydrogen-bond acceptors (Lipinski definition) is 4. The van der Waals surface area contributed by atoms with Crippen molar-refractivity contribution in [2.75, 3.05) is 32.2 Å². The highest BCUT2D eigenvalue weighted by Crippen LogP contribution is 2.19. The lowest BCUT2D eigenvalue weighted by atomic mass is 10.1. The third-order valence-corrected chi connectivity index (χ3v) is 3.73. The summed E-state index contributed by atoms with van der Waals surface area (Å²) < 4.78 is 16.2. The normalized spacial score (nSPS) is 10.6. The largest absolute Gasteiger partial charge is 0.494 e. The summed E-state index contributed by atoms with van der Waals surface area (Å²) in [5, 5.41) is 2.88. The smallest absolute Gasteiger partial charge is 0.255 e. The van der Waals surface area contributed by atoms with Crippen molar-refractivity contribution in [3.8, 4) is 11.5 Å². The number of nitrogens with one attached hydrogen (secondary N) is 1. The maximum atomic E-state index is 12.4. The van der Waals surface area contributed by atoms with E-state index in [1.165, 1.54) is 0 Å². The summed E-state index contributed by atoms with van der Waals surface area (Å²) in [6.45, 7) is 5.98. The Kier molecular flexibility index (Phi) is 7.96. The van der Waals surface area contributed by atoms with Crippen molar-refractivity contribution in [3.05, 3.63) is 54.1 Å². The van der Waals surface area contributed by atoms with E-state index >= 15 is 0 Å². The molecule has 2 rings (SSSR count). The van der Waals surface area contributed by atoms with Crippen molar-refractivity contribution < 1.29 is 19.0 Å². The molecule has 0 aliphatic rings. The third-order valence-electron chi connectivity index (χ3n) is 3.73. The molecule has 0 bridgehead atoms. The standard InChI is InChI=1S/C21H27NO4/c1-16(2)11-12-25-19-9-7-17(8-10-19)21(23)22-18-5-4-6-20(15-18)26-14-13-24-3/h4-10,15-16H,11-14H2,1-3H3,(H,22,23). The Morgan fingerprint density at radius 3 is 2.38 bits per heavy atom. The molecule has 0 heterocycles. The molecule has 0 aromatic heterocycles. The lowest BCUT2D eigenvalue weighted by Gasteiger charge is -2.10. The Hall–Kier alpha value is -2.53. The van der Waals surface area contributed by atoms with Crippen LogP contribution in [0.2, 0.25) is 0 Å². The second-order valence-electron chi connectivity index (χ2n) is 6.38. The quantitative estimate of drug-likeness (QED) is 0.641. The predicted molar refractivity (Wildman–Crippen MR) is 103 cm³/mol. The van der Waals surface area contributed by atoms with Gasteiger partial charge in [-0.2, -0.15) is 0 Å². The van der Waals surface area contributed by atoms with Gasteiger partial charge in [-0.1, -0.05) is 19.9 Å². The van der Waals surface area contributed by atoms with Gasteiger partial charge in [0.1, 0.15) is 18.1 Å². The molecule has 140 valence electrons. The van der Waals surface area contributed by atoms with Crippen LogP contribution in [0.4, 0.5) is 5.69 Å². The van der Waals surface area contributed by atoms with Crippen LogP contribution in [0.5, 0.6) is 11.5 Å². The van der Waals surface area contributed by atoms with Crippen molar-refractivity contribution in [3.63, 3.8) is 0 Å². The number of ether oxygens (including phenoxy) is 3.